The Morgan fingerprint density at radius 3 is 2.27 bits per heavy atom. The Bertz CT molecular complexity index is 849. The summed E-state index contributed by atoms with van der Waals surface area (Å²) in [6.07, 6.45) is 1.62. The second-order valence-corrected chi connectivity index (χ2v) is 7.15. The Labute approximate surface area is 152 Å². The van der Waals surface area contributed by atoms with E-state index in [0.29, 0.717) is 6.54 Å². The van der Waals surface area contributed by atoms with Gasteiger partial charge in [-0.15, -0.1) is 0 Å². The van der Waals surface area contributed by atoms with E-state index in [0.717, 1.165) is 12.8 Å². The predicted octanol–water partition coefficient (Wildman–Crippen LogP) is 1.24. The first-order chi connectivity index (χ1) is 12.4. The number of carbonyl (C=O) groups excluding carboxylic acids is 2. The van der Waals surface area contributed by atoms with Crippen LogP contribution >= 0.6 is 0 Å². The number of hydrogen-bond donors (Lipinski definition) is 2. The maximum Gasteiger partial charge on any atom is 0.338 e. The lowest BCUT2D eigenvalue weighted by Crippen LogP contribution is -2.29. The van der Waals surface area contributed by atoms with Crippen molar-refractivity contribution in [2.75, 3.05) is 13.2 Å². The summed E-state index contributed by atoms with van der Waals surface area (Å²) in [5.41, 5.74) is 1.32. The number of esters is 1. The molecule has 0 radical (unpaired) electrons. The Morgan fingerprint density at radius 2 is 1.65 bits per heavy atom. The van der Waals surface area contributed by atoms with Crippen LogP contribution in [-0.4, -0.2) is 33.4 Å². The zero-order valence-corrected chi connectivity index (χ0v) is 14.9. The van der Waals surface area contributed by atoms with Gasteiger partial charge in [-0.2, -0.15) is 0 Å². The number of aryl methyl sites for hydroxylation is 1. The van der Waals surface area contributed by atoms with Crippen LogP contribution in [0.25, 0.3) is 0 Å². The molecule has 138 valence electrons. The minimum Gasteiger partial charge on any atom is -0.452 e. The number of rotatable bonds is 8. The predicted molar refractivity (Wildman–Crippen MR) is 95.9 cm³/mol. The average Bonchev–Trinajstić information content (AvgIpc) is 2.63. The van der Waals surface area contributed by atoms with Crippen molar-refractivity contribution < 1.29 is 22.7 Å². The molecule has 0 unspecified atom stereocenters. The highest BCUT2D eigenvalue weighted by molar-refractivity contribution is 7.89. The molecule has 0 saturated carbocycles. The van der Waals surface area contributed by atoms with Crippen molar-refractivity contribution in [3.05, 3.63) is 65.7 Å². The molecule has 0 aliphatic heterocycles. The number of nitrogens with two attached hydrogens (primary N) is 1. The third kappa shape index (κ3) is 6.30. The highest BCUT2D eigenvalue weighted by atomic mass is 32.2. The number of ether oxygens (including phenoxy) is 1. The fourth-order valence-corrected chi connectivity index (χ4v) is 2.73. The lowest BCUT2D eigenvalue weighted by molar-refractivity contribution is -0.124. The molecule has 3 N–H and O–H groups in total. The van der Waals surface area contributed by atoms with Crippen molar-refractivity contribution in [2.45, 2.75) is 17.7 Å². The van der Waals surface area contributed by atoms with Gasteiger partial charge in [-0.05, 0) is 42.7 Å². The summed E-state index contributed by atoms with van der Waals surface area (Å²) in [6.45, 7) is 0.0788. The zero-order chi connectivity index (χ0) is 19.0. The average molecular weight is 376 g/mol. The summed E-state index contributed by atoms with van der Waals surface area (Å²) in [6, 6.07) is 14.9. The molecular formula is C18H20N2O5S. The molecule has 0 aromatic heterocycles. The van der Waals surface area contributed by atoms with Crippen molar-refractivity contribution in [3.8, 4) is 0 Å². The normalized spacial score (nSPS) is 11.0. The first kappa shape index (κ1) is 19.6. The highest BCUT2D eigenvalue weighted by Gasteiger charge is 2.12. The highest BCUT2D eigenvalue weighted by Crippen LogP contribution is 2.09. The van der Waals surface area contributed by atoms with E-state index in [1.54, 1.807) is 0 Å². The third-order valence-corrected chi connectivity index (χ3v) is 4.49. The molecule has 0 aliphatic carbocycles. The van der Waals surface area contributed by atoms with Crippen LogP contribution in [-0.2, 0) is 26.0 Å². The van der Waals surface area contributed by atoms with Gasteiger partial charge in [0.15, 0.2) is 6.61 Å². The standard InChI is InChI=1S/C18H20N2O5S/c19-26(23,24)16-10-8-15(9-11-16)18(22)25-13-17(21)20-12-4-7-14-5-2-1-3-6-14/h1-3,5-6,8-11H,4,7,12-13H2,(H,20,21)(H2,19,23,24). The maximum absolute atomic E-state index is 11.8. The van der Waals surface area contributed by atoms with Crippen molar-refractivity contribution in [1.29, 1.82) is 0 Å². The molecule has 0 fully saturated rings. The molecule has 2 aromatic rings. The fraction of sp³-hybridized carbons (Fsp3) is 0.222. The van der Waals surface area contributed by atoms with Crippen LogP contribution in [0.2, 0.25) is 0 Å². The SMILES string of the molecule is NS(=O)(=O)c1ccc(C(=O)OCC(=O)NCCCc2ccccc2)cc1. The molecule has 0 aliphatic rings. The van der Waals surface area contributed by atoms with Gasteiger partial charge in [0.25, 0.3) is 5.91 Å². The van der Waals surface area contributed by atoms with Crippen LogP contribution in [0.15, 0.2) is 59.5 Å². The minimum atomic E-state index is -3.82. The Balaban J connectivity index is 1.70. The molecular weight excluding hydrogens is 356 g/mol. The van der Waals surface area contributed by atoms with Gasteiger partial charge in [-0.25, -0.2) is 18.4 Å². The van der Waals surface area contributed by atoms with Crippen molar-refractivity contribution >= 4 is 21.9 Å². The molecule has 1 amide bonds. The Kier molecular flexibility index (Phi) is 6.88. The quantitative estimate of drug-likeness (QED) is 0.531. The van der Waals surface area contributed by atoms with Gasteiger partial charge >= 0.3 is 5.97 Å². The summed E-state index contributed by atoms with van der Waals surface area (Å²) < 4.78 is 27.2. The number of benzene rings is 2. The minimum absolute atomic E-state index is 0.106. The molecule has 0 bridgehead atoms. The summed E-state index contributed by atoms with van der Waals surface area (Å²) >= 11 is 0. The number of primary sulfonamides is 1. The van der Waals surface area contributed by atoms with Gasteiger partial charge in [0, 0.05) is 6.54 Å². The molecule has 0 spiro atoms. The molecule has 26 heavy (non-hydrogen) atoms. The van der Waals surface area contributed by atoms with Crippen LogP contribution in [0.1, 0.15) is 22.3 Å². The van der Waals surface area contributed by atoms with Gasteiger partial charge in [-0.1, -0.05) is 30.3 Å². The zero-order valence-electron chi connectivity index (χ0n) is 14.1. The Hall–Kier alpha value is -2.71. The van der Waals surface area contributed by atoms with Crippen LogP contribution in [0.3, 0.4) is 0 Å². The van der Waals surface area contributed by atoms with Gasteiger partial charge in [0.2, 0.25) is 10.0 Å². The molecule has 2 aromatic carbocycles. The lowest BCUT2D eigenvalue weighted by atomic mass is 10.1. The number of hydrogen-bond acceptors (Lipinski definition) is 5. The molecule has 7 nitrogen and oxygen atoms in total. The summed E-state index contributed by atoms with van der Waals surface area (Å²) in [5.74, 6) is -1.11. The lowest BCUT2D eigenvalue weighted by Gasteiger charge is -2.07. The van der Waals surface area contributed by atoms with Gasteiger partial charge in [0.1, 0.15) is 0 Å². The van der Waals surface area contributed by atoms with E-state index in [1.807, 2.05) is 30.3 Å². The van der Waals surface area contributed by atoms with E-state index in [1.165, 1.54) is 29.8 Å². The second-order valence-electron chi connectivity index (χ2n) is 5.58. The van der Waals surface area contributed by atoms with Crippen molar-refractivity contribution in [3.63, 3.8) is 0 Å². The first-order valence-electron chi connectivity index (χ1n) is 7.97. The maximum atomic E-state index is 11.8. The summed E-state index contributed by atoms with van der Waals surface area (Å²) in [4.78, 5) is 23.4. The molecule has 8 heteroatoms. The van der Waals surface area contributed by atoms with Crippen LogP contribution in [0.5, 0.6) is 0 Å². The smallest absolute Gasteiger partial charge is 0.338 e. The topological polar surface area (TPSA) is 116 Å². The molecule has 0 atom stereocenters. The van der Waals surface area contributed by atoms with Crippen LogP contribution in [0, 0.1) is 0 Å². The number of carbonyl (C=O) groups is 2. The van der Waals surface area contributed by atoms with Gasteiger partial charge < -0.3 is 10.1 Å². The van der Waals surface area contributed by atoms with Crippen molar-refractivity contribution in [2.24, 2.45) is 5.14 Å². The van der Waals surface area contributed by atoms with Crippen LogP contribution in [0.4, 0.5) is 0 Å². The van der Waals surface area contributed by atoms with E-state index in [2.05, 4.69) is 5.32 Å². The van der Waals surface area contributed by atoms with E-state index in [-0.39, 0.29) is 10.5 Å². The van der Waals surface area contributed by atoms with E-state index in [4.69, 9.17) is 9.88 Å². The van der Waals surface area contributed by atoms with E-state index in [9.17, 15) is 18.0 Å². The van der Waals surface area contributed by atoms with Crippen molar-refractivity contribution in [1.82, 2.24) is 5.32 Å². The molecule has 0 heterocycles. The van der Waals surface area contributed by atoms with Gasteiger partial charge in [0.05, 0.1) is 10.5 Å². The number of sulfonamides is 1. The monoisotopic (exact) mass is 376 g/mol. The van der Waals surface area contributed by atoms with Crippen LogP contribution < -0.4 is 10.5 Å². The van der Waals surface area contributed by atoms with E-state index < -0.39 is 28.5 Å². The number of nitrogens with one attached hydrogen (secondary N) is 1. The van der Waals surface area contributed by atoms with Gasteiger partial charge in [-0.3, -0.25) is 4.79 Å². The fourth-order valence-electron chi connectivity index (χ4n) is 2.21. The molecule has 2 rings (SSSR count). The first-order valence-corrected chi connectivity index (χ1v) is 9.51. The second kappa shape index (κ2) is 9.12. The Morgan fingerprint density at radius 1 is 1.00 bits per heavy atom. The summed E-state index contributed by atoms with van der Waals surface area (Å²) in [5, 5.41) is 7.66. The van der Waals surface area contributed by atoms with E-state index >= 15 is 0 Å². The largest absolute Gasteiger partial charge is 0.452 e. The summed E-state index contributed by atoms with van der Waals surface area (Å²) in [7, 11) is -3.82. The number of amides is 1. The molecule has 0 saturated heterocycles. The third-order valence-electron chi connectivity index (χ3n) is 3.56.